The van der Waals surface area contributed by atoms with E-state index in [4.69, 9.17) is 0 Å². The van der Waals surface area contributed by atoms with Crippen molar-refractivity contribution in [3.05, 3.63) is 35.3 Å². The Balaban J connectivity index is 1.93. The van der Waals surface area contributed by atoms with Crippen LogP contribution in [0.15, 0.2) is 30.5 Å². The van der Waals surface area contributed by atoms with E-state index in [2.05, 4.69) is 72.3 Å². The van der Waals surface area contributed by atoms with Gasteiger partial charge in [0.05, 0.1) is 6.54 Å². The number of benzene rings is 1. The fourth-order valence-corrected chi connectivity index (χ4v) is 3.06. The van der Waals surface area contributed by atoms with Crippen LogP contribution in [0.25, 0.3) is 0 Å². The Morgan fingerprint density at radius 2 is 1.76 bits per heavy atom. The molecule has 114 valence electrons. The molecule has 0 amide bonds. The predicted octanol–water partition coefficient (Wildman–Crippen LogP) is 3.67. The molecule has 0 bridgehead atoms. The number of nitrogens with one attached hydrogen (secondary N) is 1. The van der Waals surface area contributed by atoms with Gasteiger partial charge < -0.3 is 15.1 Å². The maximum absolute atomic E-state index is 4.51. The zero-order chi connectivity index (χ0) is 15.2. The van der Waals surface area contributed by atoms with Gasteiger partial charge in [0.2, 0.25) is 0 Å². The van der Waals surface area contributed by atoms with Crippen molar-refractivity contribution in [1.29, 1.82) is 0 Å². The van der Waals surface area contributed by atoms with Crippen LogP contribution in [-0.2, 0) is 6.54 Å². The fraction of sp³-hybridized carbons (Fsp3) is 0.438. The quantitative estimate of drug-likeness (QED) is 0.846. The summed E-state index contributed by atoms with van der Waals surface area (Å²) in [4.78, 5) is 10.1. The van der Waals surface area contributed by atoms with Crippen LogP contribution in [0.4, 0.5) is 16.5 Å². The normalized spacial score (nSPS) is 10.5. The zero-order valence-corrected chi connectivity index (χ0v) is 14.1. The highest BCUT2D eigenvalue weighted by atomic mass is 32.1. The molecule has 0 atom stereocenters. The monoisotopic (exact) mass is 304 g/mol. The van der Waals surface area contributed by atoms with Crippen LogP contribution >= 0.6 is 11.3 Å². The predicted molar refractivity (Wildman–Crippen MR) is 93.8 cm³/mol. The Labute approximate surface area is 131 Å². The molecule has 2 aromatic rings. The van der Waals surface area contributed by atoms with Crippen LogP contribution < -0.4 is 15.1 Å². The van der Waals surface area contributed by atoms with Crippen molar-refractivity contribution in [1.82, 2.24) is 4.98 Å². The smallest absolute Gasteiger partial charge is 0.185 e. The molecular weight excluding hydrogens is 280 g/mol. The Bertz CT molecular complexity index is 544. The molecule has 0 unspecified atom stereocenters. The number of rotatable bonds is 7. The van der Waals surface area contributed by atoms with Crippen molar-refractivity contribution in [2.24, 2.45) is 0 Å². The average Bonchev–Trinajstić information content (AvgIpc) is 2.96. The molecule has 0 spiro atoms. The first-order valence-electron chi connectivity index (χ1n) is 7.35. The first-order chi connectivity index (χ1) is 10.1. The van der Waals surface area contributed by atoms with E-state index in [1.54, 1.807) is 11.3 Å². The van der Waals surface area contributed by atoms with Gasteiger partial charge in [0.25, 0.3) is 0 Å². The second kappa shape index (κ2) is 7.31. The molecule has 4 nitrogen and oxygen atoms in total. The standard InChI is InChI=1S/C16H24N4S/c1-5-20(6-2)16-18-12-15(21-16)11-17-13-7-9-14(10-8-13)19(3)4/h7-10,12,17H,5-6,11H2,1-4H3. The van der Waals surface area contributed by atoms with E-state index in [0.29, 0.717) is 0 Å². The summed E-state index contributed by atoms with van der Waals surface area (Å²) in [7, 11) is 4.10. The van der Waals surface area contributed by atoms with Crippen LogP contribution in [0.3, 0.4) is 0 Å². The molecule has 0 aliphatic carbocycles. The summed E-state index contributed by atoms with van der Waals surface area (Å²) in [6, 6.07) is 8.47. The maximum Gasteiger partial charge on any atom is 0.185 e. The van der Waals surface area contributed by atoms with Gasteiger partial charge in [-0.25, -0.2) is 4.98 Å². The molecule has 0 radical (unpaired) electrons. The van der Waals surface area contributed by atoms with Crippen LogP contribution in [0.1, 0.15) is 18.7 Å². The van der Waals surface area contributed by atoms with Gasteiger partial charge in [-0.1, -0.05) is 0 Å². The molecule has 0 fully saturated rings. The molecule has 2 rings (SSSR count). The van der Waals surface area contributed by atoms with Crippen molar-refractivity contribution in [2.45, 2.75) is 20.4 Å². The largest absolute Gasteiger partial charge is 0.380 e. The van der Waals surface area contributed by atoms with Gasteiger partial charge in [0.15, 0.2) is 5.13 Å². The summed E-state index contributed by atoms with van der Waals surface area (Å²) in [5, 5.41) is 4.56. The Hall–Kier alpha value is -1.75. The van der Waals surface area contributed by atoms with E-state index >= 15 is 0 Å². The third-order valence-electron chi connectivity index (χ3n) is 3.43. The molecule has 0 saturated heterocycles. The third kappa shape index (κ3) is 4.11. The number of hydrogen-bond acceptors (Lipinski definition) is 5. The topological polar surface area (TPSA) is 31.4 Å². The number of hydrogen-bond donors (Lipinski definition) is 1. The highest BCUT2D eigenvalue weighted by molar-refractivity contribution is 7.15. The lowest BCUT2D eigenvalue weighted by Gasteiger charge is -2.16. The van der Waals surface area contributed by atoms with E-state index in [9.17, 15) is 0 Å². The summed E-state index contributed by atoms with van der Waals surface area (Å²) in [5.41, 5.74) is 2.35. The molecule has 1 aromatic heterocycles. The molecular formula is C16H24N4S. The van der Waals surface area contributed by atoms with Crippen LogP contribution in [0.5, 0.6) is 0 Å². The van der Waals surface area contributed by atoms with Crippen molar-refractivity contribution in [3.63, 3.8) is 0 Å². The summed E-state index contributed by atoms with van der Waals surface area (Å²) in [5.74, 6) is 0. The molecule has 1 aromatic carbocycles. The number of nitrogens with zero attached hydrogens (tertiary/aromatic N) is 3. The van der Waals surface area contributed by atoms with Gasteiger partial charge in [0.1, 0.15) is 0 Å². The maximum atomic E-state index is 4.51. The second-order valence-corrected chi connectivity index (χ2v) is 6.17. The van der Waals surface area contributed by atoms with Crippen molar-refractivity contribution in [3.8, 4) is 0 Å². The Kier molecular flexibility index (Phi) is 5.44. The van der Waals surface area contributed by atoms with Gasteiger partial charge in [-0.05, 0) is 38.1 Å². The van der Waals surface area contributed by atoms with Gasteiger partial charge in [-0.3, -0.25) is 0 Å². The SMILES string of the molecule is CCN(CC)c1ncc(CNc2ccc(N(C)C)cc2)s1. The molecule has 0 aliphatic rings. The van der Waals surface area contributed by atoms with Crippen LogP contribution in [-0.4, -0.2) is 32.2 Å². The van der Waals surface area contributed by atoms with Crippen LogP contribution in [0.2, 0.25) is 0 Å². The summed E-state index contributed by atoms with van der Waals surface area (Å²) in [6.07, 6.45) is 1.97. The fourth-order valence-electron chi connectivity index (χ4n) is 2.09. The highest BCUT2D eigenvalue weighted by Crippen LogP contribution is 2.23. The molecule has 1 heterocycles. The zero-order valence-electron chi connectivity index (χ0n) is 13.3. The molecule has 5 heteroatoms. The van der Waals surface area contributed by atoms with E-state index in [0.717, 1.165) is 30.5 Å². The number of thiazole rings is 1. The lowest BCUT2D eigenvalue weighted by atomic mass is 10.2. The van der Waals surface area contributed by atoms with Crippen LogP contribution in [0, 0.1) is 0 Å². The average molecular weight is 304 g/mol. The molecule has 0 aliphatic heterocycles. The number of aromatic nitrogens is 1. The van der Waals surface area contributed by atoms with Gasteiger partial charge in [0, 0.05) is 49.6 Å². The minimum Gasteiger partial charge on any atom is -0.380 e. The number of anilines is 3. The third-order valence-corrected chi connectivity index (χ3v) is 4.48. The first-order valence-corrected chi connectivity index (χ1v) is 8.16. The lowest BCUT2D eigenvalue weighted by Crippen LogP contribution is -2.21. The summed E-state index contributed by atoms with van der Waals surface area (Å²) in [6.45, 7) is 7.15. The van der Waals surface area contributed by atoms with E-state index < -0.39 is 0 Å². The highest BCUT2D eigenvalue weighted by Gasteiger charge is 2.07. The van der Waals surface area contributed by atoms with Gasteiger partial charge in [-0.2, -0.15) is 0 Å². The lowest BCUT2D eigenvalue weighted by molar-refractivity contribution is 0.860. The van der Waals surface area contributed by atoms with Gasteiger partial charge in [-0.15, -0.1) is 11.3 Å². The molecule has 1 N–H and O–H groups in total. The van der Waals surface area contributed by atoms with E-state index in [-0.39, 0.29) is 0 Å². The first kappa shape index (κ1) is 15.6. The van der Waals surface area contributed by atoms with Gasteiger partial charge >= 0.3 is 0 Å². The summed E-state index contributed by atoms with van der Waals surface area (Å²) >= 11 is 1.76. The van der Waals surface area contributed by atoms with E-state index in [1.807, 2.05) is 6.20 Å². The molecule has 0 saturated carbocycles. The van der Waals surface area contributed by atoms with Crippen molar-refractivity contribution < 1.29 is 0 Å². The Morgan fingerprint density at radius 1 is 1.10 bits per heavy atom. The van der Waals surface area contributed by atoms with Crippen molar-refractivity contribution >= 4 is 27.8 Å². The Morgan fingerprint density at radius 3 is 2.33 bits per heavy atom. The summed E-state index contributed by atoms with van der Waals surface area (Å²) < 4.78 is 0. The molecule has 21 heavy (non-hydrogen) atoms. The van der Waals surface area contributed by atoms with Crippen molar-refractivity contribution in [2.75, 3.05) is 42.3 Å². The van der Waals surface area contributed by atoms with E-state index in [1.165, 1.54) is 10.6 Å². The minimum absolute atomic E-state index is 0.820. The second-order valence-electron chi connectivity index (χ2n) is 5.08. The minimum atomic E-state index is 0.820.